The van der Waals surface area contributed by atoms with Crippen LogP contribution in [0.15, 0.2) is 35.3 Å². The molecule has 0 amide bonds. The Morgan fingerprint density at radius 2 is 1.89 bits per heavy atom. The van der Waals surface area contributed by atoms with Gasteiger partial charge in [-0.05, 0) is 69.2 Å². The molecule has 2 aromatic heterocycles. The van der Waals surface area contributed by atoms with Crippen molar-refractivity contribution < 1.29 is 9.90 Å². The molecule has 10 nitrogen and oxygen atoms in total. The second-order valence-electron chi connectivity index (χ2n) is 9.57. The van der Waals surface area contributed by atoms with Crippen LogP contribution in [-0.2, 0) is 4.79 Å². The van der Waals surface area contributed by atoms with Gasteiger partial charge < -0.3 is 20.2 Å². The molecule has 3 N–H and O–H groups in total. The Hall–Kier alpha value is -3.69. The summed E-state index contributed by atoms with van der Waals surface area (Å²) in [5.41, 5.74) is 2.11. The largest absolute Gasteiger partial charge is 0.481 e. The number of rotatable bonds is 6. The van der Waals surface area contributed by atoms with Crippen LogP contribution < -0.4 is 20.7 Å². The first kappa shape index (κ1) is 23.1. The number of piperidine rings is 2. The number of carboxylic acids is 1. The fourth-order valence-electron chi connectivity index (χ4n) is 5.14. The van der Waals surface area contributed by atoms with Gasteiger partial charge in [-0.1, -0.05) is 0 Å². The molecule has 0 radical (unpaired) electrons. The zero-order valence-corrected chi connectivity index (χ0v) is 19.9. The molecule has 0 saturated carbocycles. The van der Waals surface area contributed by atoms with Crippen LogP contribution in [0, 0.1) is 5.92 Å². The molecule has 1 atom stereocenters. The van der Waals surface area contributed by atoms with E-state index in [2.05, 4.69) is 37.2 Å². The Balaban J connectivity index is 1.37. The van der Waals surface area contributed by atoms with Crippen molar-refractivity contribution >= 4 is 40.0 Å². The minimum absolute atomic E-state index is 0.246. The predicted molar refractivity (Wildman–Crippen MR) is 136 cm³/mol. The molecule has 2 aliphatic heterocycles. The number of hydrogen-bond donors (Lipinski definition) is 3. The van der Waals surface area contributed by atoms with Crippen molar-refractivity contribution in [1.82, 2.24) is 20.2 Å². The lowest BCUT2D eigenvalue weighted by Gasteiger charge is -2.33. The third kappa shape index (κ3) is 5.06. The first-order chi connectivity index (χ1) is 17.0. The maximum Gasteiger partial charge on any atom is 0.303 e. The fourth-order valence-corrected chi connectivity index (χ4v) is 5.14. The Morgan fingerprint density at radius 3 is 2.60 bits per heavy atom. The minimum Gasteiger partial charge on any atom is -0.481 e. The monoisotopic (exact) mass is 477 g/mol. The average molecular weight is 478 g/mol. The van der Waals surface area contributed by atoms with E-state index in [1.54, 1.807) is 6.20 Å². The van der Waals surface area contributed by atoms with E-state index in [1.807, 2.05) is 24.3 Å². The molecule has 0 bridgehead atoms. The molecular formula is C25H31N7O3. The molecule has 1 aromatic carbocycles. The predicted octanol–water partition coefficient (Wildman–Crippen LogP) is 3.53. The van der Waals surface area contributed by atoms with Gasteiger partial charge in [-0.3, -0.25) is 9.59 Å². The third-order valence-electron chi connectivity index (χ3n) is 7.14. The standard InChI is InChI=1S/C25H31N7O3/c1-16-4-2-3-11-32(16)25-28-20-15-26-30-24(35)22(20)23(29-25)27-18-5-7-19(8-6-18)31-12-9-17(10-13-31)14-21(33)34/h5-8,15-17H,2-4,9-14H2,1H3,(H,30,35)(H,33,34)(H,27,28,29). The van der Waals surface area contributed by atoms with E-state index in [-0.39, 0.29) is 17.9 Å². The highest BCUT2D eigenvalue weighted by atomic mass is 16.4. The highest BCUT2D eigenvalue weighted by molar-refractivity contribution is 5.90. The van der Waals surface area contributed by atoms with Crippen molar-refractivity contribution in [3.05, 3.63) is 40.8 Å². The Bertz CT molecular complexity index is 1250. The van der Waals surface area contributed by atoms with Crippen LogP contribution in [0.3, 0.4) is 0 Å². The Labute approximate surface area is 203 Å². The zero-order chi connectivity index (χ0) is 24.4. The van der Waals surface area contributed by atoms with Gasteiger partial charge in [0.25, 0.3) is 5.56 Å². The van der Waals surface area contributed by atoms with Crippen LogP contribution in [0.4, 0.5) is 23.1 Å². The normalized spacial score (nSPS) is 19.2. The van der Waals surface area contributed by atoms with E-state index in [0.717, 1.165) is 56.7 Å². The molecule has 2 fully saturated rings. The molecule has 5 rings (SSSR count). The summed E-state index contributed by atoms with van der Waals surface area (Å²) in [6, 6.07) is 8.38. The minimum atomic E-state index is -0.719. The highest BCUT2D eigenvalue weighted by Crippen LogP contribution is 2.29. The van der Waals surface area contributed by atoms with Crippen LogP contribution in [0.2, 0.25) is 0 Å². The number of nitrogens with one attached hydrogen (secondary N) is 2. The van der Waals surface area contributed by atoms with Crippen molar-refractivity contribution in [3.8, 4) is 0 Å². The number of hydrogen-bond acceptors (Lipinski definition) is 8. The van der Waals surface area contributed by atoms with Gasteiger partial charge in [0.2, 0.25) is 5.95 Å². The second kappa shape index (κ2) is 9.89. The van der Waals surface area contributed by atoms with E-state index >= 15 is 0 Å². The number of anilines is 4. The number of carboxylic acid groups (broad SMARTS) is 1. The second-order valence-corrected chi connectivity index (χ2v) is 9.57. The molecule has 0 aliphatic carbocycles. The van der Waals surface area contributed by atoms with Crippen LogP contribution in [0.5, 0.6) is 0 Å². The lowest BCUT2D eigenvalue weighted by molar-refractivity contribution is -0.138. The summed E-state index contributed by atoms with van der Waals surface area (Å²) in [4.78, 5) is 37.5. The molecule has 35 heavy (non-hydrogen) atoms. The van der Waals surface area contributed by atoms with Gasteiger partial charge in [-0.15, -0.1) is 0 Å². The molecule has 2 saturated heterocycles. The number of H-pyrrole nitrogens is 1. The lowest BCUT2D eigenvalue weighted by atomic mass is 9.93. The molecular weight excluding hydrogens is 446 g/mol. The molecule has 184 valence electrons. The van der Waals surface area contributed by atoms with Gasteiger partial charge in [0.1, 0.15) is 16.7 Å². The zero-order valence-electron chi connectivity index (χ0n) is 19.9. The van der Waals surface area contributed by atoms with E-state index < -0.39 is 5.97 Å². The first-order valence-electron chi connectivity index (χ1n) is 12.3. The summed E-state index contributed by atoms with van der Waals surface area (Å²) in [7, 11) is 0. The van der Waals surface area contributed by atoms with E-state index in [0.29, 0.717) is 28.7 Å². The van der Waals surface area contributed by atoms with Crippen LogP contribution in [0.25, 0.3) is 10.9 Å². The molecule has 4 heterocycles. The Morgan fingerprint density at radius 1 is 1.11 bits per heavy atom. The highest BCUT2D eigenvalue weighted by Gasteiger charge is 2.24. The van der Waals surface area contributed by atoms with Crippen molar-refractivity contribution in [2.75, 3.05) is 34.8 Å². The number of aromatic amines is 1. The lowest BCUT2D eigenvalue weighted by Crippen LogP contribution is -2.38. The number of aromatic nitrogens is 4. The fraction of sp³-hybridized carbons (Fsp3) is 0.480. The number of nitrogens with zero attached hydrogens (tertiary/aromatic N) is 5. The van der Waals surface area contributed by atoms with Crippen molar-refractivity contribution in [1.29, 1.82) is 0 Å². The van der Waals surface area contributed by atoms with Gasteiger partial charge in [-0.2, -0.15) is 10.1 Å². The maximum absolute atomic E-state index is 12.6. The van der Waals surface area contributed by atoms with E-state index in [9.17, 15) is 9.59 Å². The summed E-state index contributed by atoms with van der Waals surface area (Å²) in [6.45, 7) is 4.77. The molecule has 1 unspecified atom stereocenters. The van der Waals surface area contributed by atoms with E-state index in [1.165, 1.54) is 6.42 Å². The molecule has 0 spiro atoms. The quantitative estimate of drug-likeness (QED) is 0.488. The molecule has 2 aliphatic rings. The van der Waals surface area contributed by atoms with Crippen molar-refractivity contribution in [3.63, 3.8) is 0 Å². The molecule has 3 aromatic rings. The van der Waals surface area contributed by atoms with Gasteiger partial charge in [-0.25, -0.2) is 10.1 Å². The summed E-state index contributed by atoms with van der Waals surface area (Å²) in [5, 5.41) is 19.2. The number of benzene rings is 1. The van der Waals surface area contributed by atoms with Crippen LogP contribution in [0.1, 0.15) is 45.4 Å². The van der Waals surface area contributed by atoms with Crippen molar-refractivity contribution in [2.45, 2.75) is 51.5 Å². The third-order valence-corrected chi connectivity index (χ3v) is 7.14. The smallest absolute Gasteiger partial charge is 0.303 e. The first-order valence-corrected chi connectivity index (χ1v) is 12.3. The van der Waals surface area contributed by atoms with Crippen molar-refractivity contribution in [2.24, 2.45) is 5.92 Å². The molecule has 10 heteroatoms. The van der Waals surface area contributed by atoms with Gasteiger partial charge in [0.15, 0.2) is 0 Å². The van der Waals surface area contributed by atoms with Crippen LogP contribution >= 0.6 is 0 Å². The summed E-state index contributed by atoms with van der Waals surface area (Å²) < 4.78 is 0. The van der Waals surface area contributed by atoms with Gasteiger partial charge in [0.05, 0.1) is 6.20 Å². The van der Waals surface area contributed by atoms with Gasteiger partial charge >= 0.3 is 5.97 Å². The summed E-state index contributed by atoms with van der Waals surface area (Å²) >= 11 is 0. The number of fused-ring (bicyclic) bond motifs is 1. The topological polar surface area (TPSA) is 127 Å². The summed E-state index contributed by atoms with van der Waals surface area (Å²) in [6.07, 6.45) is 6.96. The van der Waals surface area contributed by atoms with Crippen LogP contribution in [-0.4, -0.2) is 56.9 Å². The van der Waals surface area contributed by atoms with E-state index in [4.69, 9.17) is 10.1 Å². The maximum atomic E-state index is 12.6. The SMILES string of the molecule is CC1CCCCN1c1nc(Nc2ccc(N3CCC(CC(=O)O)CC3)cc2)c2c(=O)[nH]ncc2n1. The summed E-state index contributed by atoms with van der Waals surface area (Å²) in [5.74, 6) is 0.609. The van der Waals surface area contributed by atoms with Gasteiger partial charge in [0, 0.05) is 43.5 Å². The average Bonchev–Trinajstić information content (AvgIpc) is 2.85. The number of aliphatic carboxylic acids is 1. The Kier molecular flexibility index (Phi) is 6.52. The number of carbonyl (C=O) groups is 1.